The van der Waals surface area contributed by atoms with Crippen molar-refractivity contribution in [3.8, 4) is 11.5 Å². The van der Waals surface area contributed by atoms with E-state index in [-0.39, 0.29) is 6.10 Å². The molecule has 0 spiro atoms. The maximum atomic E-state index is 10.7. The fourth-order valence-electron chi connectivity index (χ4n) is 3.57. The highest BCUT2D eigenvalue weighted by atomic mass is 16.5. The number of methoxy groups -OCH3 is 1. The van der Waals surface area contributed by atoms with Gasteiger partial charge in [-0.25, -0.2) is 0 Å². The summed E-state index contributed by atoms with van der Waals surface area (Å²) in [6.45, 7) is 2.07. The number of hydrogen-bond acceptors (Lipinski definition) is 3. The summed E-state index contributed by atoms with van der Waals surface area (Å²) in [4.78, 5) is 0. The molecular weight excluding hydrogens is 252 g/mol. The first-order valence-electron chi connectivity index (χ1n) is 7.74. The number of ether oxygens (including phenoxy) is 2. The Kier molecular flexibility index (Phi) is 3.88. The molecule has 0 bridgehead atoms. The van der Waals surface area contributed by atoms with Crippen LogP contribution >= 0.6 is 0 Å². The first-order valence-corrected chi connectivity index (χ1v) is 7.74. The molecule has 2 aliphatic rings. The Balaban J connectivity index is 1.89. The van der Waals surface area contributed by atoms with Crippen LogP contribution in [0.3, 0.4) is 0 Å². The van der Waals surface area contributed by atoms with Crippen LogP contribution in [0.2, 0.25) is 0 Å². The lowest BCUT2D eigenvalue weighted by Gasteiger charge is -2.28. The molecule has 110 valence electrons. The third kappa shape index (κ3) is 2.51. The molecule has 1 aromatic carbocycles. The maximum Gasteiger partial charge on any atom is 0.125 e. The number of benzene rings is 1. The Labute approximate surface area is 120 Å². The minimum atomic E-state index is -0.435. The molecule has 0 amide bonds. The smallest absolute Gasteiger partial charge is 0.125 e. The largest absolute Gasteiger partial charge is 0.496 e. The number of rotatable bonds is 3. The molecule has 1 saturated carbocycles. The lowest BCUT2D eigenvalue weighted by Crippen LogP contribution is -2.16. The van der Waals surface area contributed by atoms with Crippen LogP contribution in [0.25, 0.3) is 0 Å². The lowest BCUT2D eigenvalue weighted by atomic mass is 9.82. The van der Waals surface area contributed by atoms with Gasteiger partial charge in [0, 0.05) is 17.5 Å². The van der Waals surface area contributed by atoms with E-state index in [0.717, 1.165) is 36.3 Å². The standard InChI is InChI=1S/C17H24O3/c1-11-8-13-9-16(19-2)14(10-15(13)20-11)17(18)12-6-4-3-5-7-12/h9-12,17-18H,3-8H2,1-2H3. The molecule has 1 aromatic rings. The lowest BCUT2D eigenvalue weighted by molar-refractivity contribution is 0.0822. The highest BCUT2D eigenvalue weighted by Gasteiger charge is 2.29. The van der Waals surface area contributed by atoms with Gasteiger partial charge in [-0.1, -0.05) is 19.3 Å². The van der Waals surface area contributed by atoms with Crippen molar-refractivity contribution < 1.29 is 14.6 Å². The predicted molar refractivity (Wildman–Crippen MR) is 78.3 cm³/mol. The molecule has 1 aliphatic heterocycles. The van der Waals surface area contributed by atoms with E-state index in [1.165, 1.54) is 24.8 Å². The minimum Gasteiger partial charge on any atom is -0.496 e. The van der Waals surface area contributed by atoms with E-state index in [0.29, 0.717) is 5.92 Å². The third-order valence-corrected chi connectivity index (χ3v) is 4.66. The first-order chi connectivity index (χ1) is 9.69. The second-order valence-electron chi connectivity index (χ2n) is 6.18. The number of aliphatic hydroxyl groups is 1. The molecule has 1 fully saturated rings. The van der Waals surface area contributed by atoms with Gasteiger partial charge in [0.05, 0.1) is 13.2 Å². The predicted octanol–water partition coefficient (Wildman–Crippen LogP) is 3.63. The van der Waals surface area contributed by atoms with E-state index in [1.54, 1.807) is 7.11 Å². The Morgan fingerprint density at radius 1 is 1.25 bits per heavy atom. The molecule has 20 heavy (non-hydrogen) atoms. The van der Waals surface area contributed by atoms with E-state index in [9.17, 15) is 5.11 Å². The van der Waals surface area contributed by atoms with Gasteiger partial charge in [-0.3, -0.25) is 0 Å². The summed E-state index contributed by atoms with van der Waals surface area (Å²) in [5.41, 5.74) is 2.08. The first kappa shape index (κ1) is 13.7. The molecule has 3 rings (SSSR count). The molecule has 3 nitrogen and oxygen atoms in total. The minimum absolute atomic E-state index is 0.219. The van der Waals surface area contributed by atoms with Crippen LogP contribution in [-0.4, -0.2) is 18.3 Å². The molecule has 1 heterocycles. The van der Waals surface area contributed by atoms with Crippen molar-refractivity contribution >= 4 is 0 Å². The van der Waals surface area contributed by atoms with Crippen LogP contribution in [0.1, 0.15) is 56.3 Å². The summed E-state index contributed by atoms with van der Waals surface area (Å²) in [6.07, 6.45) is 6.67. The average Bonchev–Trinajstić information content (AvgIpc) is 2.85. The Morgan fingerprint density at radius 3 is 2.70 bits per heavy atom. The Morgan fingerprint density at radius 2 is 2.00 bits per heavy atom. The quantitative estimate of drug-likeness (QED) is 0.916. The molecular formula is C17H24O3. The molecule has 2 unspecified atom stereocenters. The van der Waals surface area contributed by atoms with Crippen molar-refractivity contribution in [2.24, 2.45) is 5.92 Å². The topological polar surface area (TPSA) is 38.7 Å². The fourth-order valence-corrected chi connectivity index (χ4v) is 3.57. The van der Waals surface area contributed by atoms with Crippen molar-refractivity contribution in [1.82, 2.24) is 0 Å². The van der Waals surface area contributed by atoms with Crippen LogP contribution in [0.4, 0.5) is 0 Å². The van der Waals surface area contributed by atoms with Gasteiger partial charge in [0.2, 0.25) is 0 Å². The van der Waals surface area contributed by atoms with E-state index >= 15 is 0 Å². The van der Waals surface area contributed by atoms with Crippen LogP contribution in [0, 0.1) is 5.92 Å². The van der Waals surface area contributed by atoms with Gasteiger partial charge in [0.25, 0.3) is 0 Å². The maximum absolute atomic E-state index is 10.7. The zero-order valence-corrected chi connectivity index (χ0v) is 12.4. The van der Waals surface area contributed by atoms with E-state index < -0.39 is 6.10 Å². The number of aliphatic hydroxyl groups excluding tert-OH is 1. The van der Waals surface area contributed by atoms with Crippen molar-refractivity contribution in [3.05, 3.63) is 23.3 Å². The van der Waals surface area contributed by atoms with Crippen LogP contribution < -0.4 is 9.47 Å². The van der Waals surface area contributed by atoms with E-state index in [1.807, 2.05) is 12.1 Å². The van der Waals surface area contributed by atoms with Gasteiger partial charge >= 0.3 is 0 Å². The zero-order valence-electron chi connectivity index (χ0n) is 12.4. The van der Waals surface area contributed by atoms with E-state index in [2.05, 4.69) is 6.92 Å². The monoisotopic (exact) mass is 276 g/mol. The van der Waals surface area contributed by atoms with Crippen molar-refractivity contribution in [1.29, 1.82) is 0 Å². The molecule has 0 radical (unpaired) electrons. The van der Waals surface area contributed by atoms with Crippen LogP contribution in [0.15, 0.2) is 12.1 Å². The summed E-state index contributed by atoms with van der Waals surface area (Å²) < 4.78 is 11.3. The van der Waals surface area contributed by atoms with Gasteiger partial charge in [-0.2, -0.15) is 0 Å². The van der Waals surface area contributed by atoms with Crippen molar-refractivity contribution in [3.63, 3.8) is 0 Å². The van der Waals surface area contributed by atoms with Gasteiger partial charge < -0.3 is 14.6 Å². The fraction of sp³-hybridized carbons (Fsp3) is 0.647. The molecule has 0 aromatic heterocycles. The Bertz CT molecular complexity index is 477. The SMILES string of the molecule is COc1cc2c(cc1C(O)C1CCCCC1)OC(C)C2. The summed E-state index contributed by atoms with van der Waals surface area (Å²) in [5, 5.41) is 10.7. The van der Waals surface area contributed by atoms with Crippen molar-refractivity contribution in [2.75, 3.05) is 7.11 Å². The summed E-state index contributed by atoms with van der Waals surface area (Å²) in [5.74, 6) is 2.08. The molecule has 1 aliphatic carbocycles. The van der Waals surface area contributed by atoms with E-state index in [4.69, 9.17) is 9.47 Å². The highest BCUT2D eigenvalue weighted by Crippen LogP contribution is 2.42. The summed E-state index contributed by atoms with van der Waals surface area (Å²) in [7, 11) is 1.68. The molecule has 2 atom stereocenters. The van der Waals surface area contributed by atoms with Gasteiger partial charge in [0.15, 0.2) is 0 Å². The average molecular weight is 276 g/mol. The number of fused-ring (bicyclic) bond motifs is 1. The third-order valence-electron chi connectivity index (χ3n) is 4.66. The van der Waals surface area contributed by atoms with Gasteiger partial charge in [0.1, 0.15) is 17.6 Å². The normalized spacial score (nSPS) is 24.1. The molecule has 1 N–H and O–H groups in total. The second-order valence-corrected chi connectivity index (χ2v) is 6.18. The zero-order chi connectivity index (χ0) is 14.1. The highest BCUT2D eigenvalue weighted by molar-refractivity contribution is 5.49. The molecule has 3 heteroatoms. The van der Waals surface area contributed by atoms with Crippen molar-refractivity contribution in [2.45, 2.75) is 57.7 Å². The molecule has 0 saturated heterocycles. The van der Waals surface area contributed by atoms with Crippen LogP contribution in [-0.2, 0) is 6.42 Å². The summed E-state index contributed by atoms with van der Waals surface area (Å²) >= 11 is 0. The van der Waals surface area contributed by atoms with Gasteiger partial charge in [-0.15, -0.1) is 0 Å². The van der Waals surface area contributed by atoms with Gasteiger partial charge in [-0.05, 0) is 37.8 Å². The van der Waals surface area contributed by atoms with Crippen LogP contribution in [0.5, 0.6) is 11.5 Å². The Hall–Kier alpha value is -1.22. The second kappa shape index (κ2) is 5.65. The number of hydrogen-bond donors (Lipinski definition) is 1. The summed E-state index contributed by atoms with van der Waals surface area (Å²) in [6, 6.07) is 4.04.